The van der Waals surface area contributed by atoms with Gasteiger partial charge in [-0.25, -0.2) is 4.98 Å². The van der Waals surface area contributed by atoms with Gasteiger partial charge in [-0.3, -0.25) is 4.79 Å². The molecule has 0 fully saturated rings. The number of halogens is 3. The maximum absolute atomic E-state index is 13.2. The summed E-state index contributed by atoms with van der Waals surface area (Å²) in [7, 11) is 0. The first-order valence-corrected chi connectivity index (χ1v) is 8.88. The predicted octanol–water partition coefficient (Wildman–Crippen LogP) is 5.20. The molecule has 146 valence electrons. The van der Waals surface area contributed by atoms with Crippen LogP contribution in [0.3, 0.4) is 0 Å². The summed E-state index contributed by atoms with van der Waals surface area (Å²) in [6.07, 6.45) is -1.03. The maximum Gasteiger partial charge on any atom is 0.416 e. The molecule has 2 aromatic carbocycles. The lowest BCUT2D eigenvalue weighted by Gasteiger charge is -2.23. The summed E-state index contributed by atoms with van der Waals surface area (Å²) in [6, 6.07) is 18.9. The number of pyridine rings is 1. The quantitative estimate of drug-likeness (QED) is 0.476. The molecule has 29 heavy (non-hydrogen) atoms. The van der Waals surface area contributed by atoms with Gasteiger partial charge in [0.1, 0.15) is 5.65 Å². The molecule has 0 radical (unpaired) electrons. The first-order chi connectivity index (χ1) is 13.9. The van der Waals surface area contributed by atoms with E-state index in [0.717, 1.165) is 23.5 Å². The number of alkyl halides is 3. The summed E-state index contributed by atoms with van der Waals surface area (Å²) in [4.78, 5) is 19.0. The van der Waals surface area contributed by atoms with E-state index in [0.29, 0.717) is 5.69 Å². The molecule has 0 aliphatic carbocycles. The van der Waals surface area contributed by atoms with Crippen LogP contribution in [0.2, 0.25) is 0 Å². The third-order valence-corrected chi connectivity index (χ3v) is 4.56. The summed E-state index contributed by atoms with van der Waals surface area (Å²) in [5.74, 6) is -0.520. The van der Waals surface area contributed by atoms with Crippen molar-refractivity contribution in [3.63, 3.8) is 0 Å². The SMILES string of the molecule is O=C(c1cccc(C(F)(F)F)c1)N(Cc1cnc2ccccn12)c1ccccc1. The highest BCUT2D eigenvalue weighted by atomic mass is 19.4. The maximum atomic E-state index is 13.2. The molecule has 0 saturated carbocycles. The Morgan fingerprint density at radius 1 is 0.966 bits per heavy atom. The second-order valence-electron chi connectivity index (χ2n) is 6.48. The van der Waals surface area contributed by atoms with Gasteiger partial charge in [-0.05, 0) is 42.5 Å². The average Bonchev–Trinajstić information content (AvgIpc) is 3.14. The molecule has 1 amide bonds. The van der Waals surface area contributed by atoms with Crippen LogP contribution in [-0.4, -0.2) is 15.3 Å². The monoisotopic (exact) mass is 395 g/mol. The standard InChI is InChI=1S/C22H16F3N3O/c23-22(24,25)17-8-6-7-16(13-17)21(29)28(18-9-2-1-3-10-18)15-19-14-26-20-11-4-5-12-27(19)20/h1-14H,15H2. The normalized spacial score (nSPS) is 11.6. The number of amides is 1. The van der Waals surface area contributed by atoms with Crippen LogP contribution in [0.25, 0.3) is 5.65 Å². The van der Waals surface area contributed by atoms with E-state index in [4.69, 9.17) is 0 Å². The highest BCUT2D eigenvalue weighted by Gasteiger charge is 2.31. The Bertz CT molecular complexity index is 1150. The third kappa shape index (κ3) is 3.85. The van der Waals surface area contributed by atoms with Crippen molar-refractivity contribution in [2.24, 2.45) is 0 Å². The van der Waals surface area contributed by atoms with Gasteiger partial charge >= 0.3 is 6.18 Å². The lowest BCUT2D eigenvalue weighted by Crippen LogP contribution is -2.31. The number of nitrogens with zero attached hydrogens (tertiary/aromatic N) is 3. The molecule has 7 heteroatoms. The molecular formula is C22H16F3N3O. The zero-order chi connectivity index (χ0) is 20.4. The zero-order valence-electron chi connectivity index (χ0n) is 15.2. The van der Waals surface area contributed by atoms with Gasteiger partial charge in [0.2, 0.25) is 0 Å². The fourth-order valence-electron chi connectivity index (χ4n) is 3.14. The van der Waals surface area contributed by atoms with Crippen LogP contribution in [-0.2, 0) is 12.7 Å². The molecule has 0 spiro atoms. The van der Waals surface area contributed by atoms with Gasteiger partial charge < -0.3 is 9.30 Å². The summed E-state index contributed by atoms with van der Waals surface area (Å²) < 4.78 is 41.1. The van der Waals surface area contributed by atoms with Crippen LogP contribution < -0.4 is 4.90 Å². The number of anilines is 1. The fraction of sp³-hybridized carbons (Fsp3) is 0.0909. The molecule has 0 saturated heterocycles. The van der Waals surface area contributed by atoms with E-state index in [1.807, 2.05) is 34.9 Å². The van der Waals surface area contributed by atoms with Gasteiger partial charge in [0.05, 0.1) is 24.0 Å². The molecule has 4 rings (SSSR count). The van der Waals surface area contributed by atoms with Gasteiger partial charge in [-0.1, -0.05) is 30.3 Å². The number of imidazole rings is 1. The van der Waals surface area contributed by atoms with Crippen LogP contribution in [0.4, 0.5) is 18.9 Å². The largest absolute Gasteiger partial charge is 0.416 e. The number of rotatable bonds is 4. The van der Waals surface area contributed by atoms with Crippen LogP contribution in [0, 0.1) is 0 Å². The van der Waals surface area contributed by atoms with E-state index in [2.05, 4.69) is 4.98 Å². The van der Waals surface area contributed by atoms with Crippen LogP contribution >= 0.6 is 0 Å². The van der Waals surface area contributed by atoms with Gasteiger partial charge in [0, 0.05) is 17.4 Å². The Kier molecular flexibility index (Phi) is 4.80. The van der Waals surface area contributed by atoms with E-state index < -0.39 is 17.6 Å². The molecular weight excluding hydrogens is 379 g/mol. The second kappa shape index (κ2) is 7.43. The summed E-state index contributed by atoms with van der Waals surface area (Å²) >= 11 is 0. The number of hydrogen-bond donors (Lipinski definition) is 0. The number of carbonyl (C=O) groups excluding carboxylic acids is 1. The Morgan fingerprint density at radius 2 is 1.72 bits per heavy atom. The lowest BCUT2D eigenvalue weighted by molar-refractivity contribution is -0.137. The van der Waals surface area contributed by atoms with Crippen LogP contribution in [0.5, 0.6) is 0 Å². The summed E-state index contributed by atoms with van der Waals surface area (Å²) in [6.45, 7) is 0.157. The molecule has 0 aliphatic heterocycles. The van der Waals surface area contributed by atoms with E-state index in [1.165, 1.54) is 17.0 Å². The fourth-order valence-corrected chi connectivity index (χ4v) is 3.14. The minimum Gasteiger partial charge on any atom is -0.302 e. The van der Waals surface area contributed by atoms with Crippen molar-refractivity contribution in [2.45, 2.75) is 12.7 Å². The van der Waals surface area contributed by atoms with Crippen molar-refractivity contribution in [1.82, 2.24) is 9.38 Å². The number of aromatic nitrogens is 2. The van der Waals surface area contributed by atoms with E-state index in [1.54, 1.807) is 30.5 Å². The molecule has 0 bridgehead atoms. The Hall–Kier alpha value is -3.61. The van der Waals surface area contributed by atoms with Crippen LogP contribution in [0.1, 0.15) is 21.6 Å². The summed E-state index contributed by atoms with van der Waals surface area (Å²) in [5.41, 5.74) is 1.16. The van der Waals surface area contributed by atoms with E-state index in [9.17, 15) is 18.0 Å². The first kappa shape index (κ1) is 18.7. The molecule has 4 aromatic rings. The zero-order valence-corrected chi connectivity index (χ0v) is 15.2. The van der Waals surface area contributed by atoms with E-state index in [-0.39, 0.29) is 12.1 Å². The number of hydrogen-bond acceptors (Lipinski definition) is 2. The summed E-state index contributed by atoms with van der Waals surface area (Å²) in [5, 5.41) is 0. The Labute approximate surface area is 164 Å². The molecule has 0 aliphatic rings. The third-order valence-electron chi connectivity index (χ3n) is 4.56. The minimum atomic E-state index is -4.52. The van der Waals surface area contributed by atoms with Gasteiger partial charge in [-0.2, -0.15) is 13.2 Å². The molecule has 0 N–H and O–H groups in total. The second-order valence-corrected chi connectivity index (χ2v) is 6.48. The highest BCUT2D eigenvalue weighted by molar-refractivity contribution is 6.06. The molecule has 4 nitrogen and oxygen atoms in total. The van der Waals surface area contributed by atoms with Gasteiger partial charge in [-0.15, -0.1) is 0 Å². The van der Waals surface area contributed by atoms with Crippen molar-refractivity contribution >= 4 is 17.2 Å². The number of carbonyl (C=O) groups is 1. The first-order valence-electron chi connectivity index (χ1n) is 8.88. The number of para-hydroxylation sites is 1. The van der Waals surface area contributed by atoms with Crippen molar-refractivity contribution < 1.29 is 18.0 Å². The van der Waals surface area contributed by atoms with Crippen LogP contribution in [0.15, 0.2) is 85.2 Å². The van der Waals surface area contributed by atoms with Crippen molar-refractivity contribution in [1.29, 1.82) is 0 Å². The smallest absolute Gasteiger partial charge is 0.302 e. The van der Waals surface area contributed by atoms with Crippen molar-refractivity contribution in [3.05, 3.63) is 102 Å². The van der Waals surface area contributed by atoms with Crippen molar-refractivity contribution in [2.75, 3.05) is 4.90 Å². The van der Waals surface area contributed by atoms with Gasteiger partial charge in [0.15, 0.2) is 0 Å². The van der Waals surface area contributed by atoms with E-state index >= 15 is 0 Å². The molecule has 0 unspecified atom stereocenters. The average molecular weight is 395 g/mol. The molecule has 2 aromatic heterocycles. The predicted molar refractivity (Wildman–Crippen MR) is 104 cm³/mol. The molecule has 0 atom stereocenters. The minimum absolute atomic E-state index is 0.0301. The highest BCUT2D eigenvalue weighted by Crippen LogP contribution is 2.30. The molecule has 2 heterocycles. The Morgan fingerprint density at radius 3 is 2.48 bits per heavy atom. The lowest BCUT2D eigenvalue weighted by atomic mass is 10.1. The number of fused-ring (bicyclic) bond motifs is 1. The topological polar surface area (TPSA) is 37.6 Å². The Balaban J connectivity index is 1.74. The number of benzene rings is 2. The van der Waals surface area contributed by atoms with Gasteiger partial charge in [0.25, 0.3) is 5.91 Å². The van der Waals surface area contributed by atoms with Crippen molar-refractivity contribution in [3.8, 4) is 0 Å².